The Morgan fingerprint density at radius 3 is 2.92 bits per heavy atom. The van der Waals surface area contributed by atoms with E-state index in [-0.39, 0.29) is 17.6 Å². The number of carbonyl (C=O) groups is 1. The molecule has 2 aromatic heterocycles. The van der Waals surface area contributed by atoms with Gasteiger partial charge in [-0.3, -0.25) is 9.78 Å². The first-order chi connectivity index (χ1) is 11.6. The van der Waals surface area contributed by atoms with Gasteiger partial charge in [-0.2, -0.15) is 5.10 Å². The van der Waals surface area contributed by atoms with E-state index in [4.69, 9.17) is 0 Å². The minimum atomic E-state index is -0.343. The van der Waals surface area contributed by atoms with E-state index in [2.05, 4.69) is 20.2 Å². The first-order valence-electron chi connectivity index (χ1n) is 8.17. The Labute approximate surface area is 138 Å². The number of likely N-dealkylation sites (tertiary alicyclic amines) is 1. The SMILES string of the molecule is Cc1ccc2cc(C(=O)N3CCCCC3c3n[nH]c(=O)[nH]3)[nH]c2c1. The molecule has 7 nitrogen and oxygen atoms in total. The highest BCUT2D eigenvalue weighted by Gasteiger charge is 2.31. The molecule has 4 rings (SSSR count). The van der Waals surface area contributed by atoms with Crippen LogP contribution < -0.4 is 5.69 Å². The number of aryl methyl sites for hydroxylation is 1. The van der Waals surface area contributed by atoms with Crippen LogP contribution in [0.1, 0.15) is 47.2 Å². The van der Waals surface area contributed by atoms with E-state index >= 15 is 0 Å². The molecule has 24 heavy (non-hydrogen) atoms. The van der Waals surface area contributed by atoms with Crippen LogP contribution in [0.25, 0.3) is 10.9 Å². The first-order valence-corrected chi connectivity index (χ1v) is 8.17. The largest absolute Gasteiger partial charge is 0.351 e. The fraction of sp³-hybridized carbons (Fsp3) is 0.353. The number of benzene rings is 1. The number of fused-ring (bicyclic) bond motifs is 1. The zero-order chi connectivity index (χ0) is 16.7. The summed E-state index contributed by atoms with van der Waals surface area (Å²) in [5.74, 6) is 0.470. The normalized spacial score (nSPS) is 18.2. The summed E-state index contributed by atoms with van der Waals surface area (Å²) >= 11 is 0. The average Bonchev–Trinajstić information content (AvgIpc) is 3.20. The van der Waals surface area contributed by atoms with E-state index in [0.717, 1.165) is 35.7 Å². The topological polar surface area (TPSA) is 97.6 Å². The molecule has 1 aromatic carbocycles. The summed E-state index contributed by atoms with van der Waals surface area (Å²) in [4.78, 5) is 32.1. The molecule has 1 saturated heterocycles. The summed E-state index contributed by atoms with van der Waals surface area (Å²) in [7, 11) is 0. The molecule has 124 valence electrons. The molecule has 0 saturated carbocycles. The number of hydrogen-bond acceptors (Lipinski definition) is 3. The van der Waals surface area contributed by atoms with Crippen molar-refractivity contribution in [2.75, 3.05) is 6.54 Å². The first kappa shape index (κ1) is 14.7. The fourth-order valence-electron chi connectivity index (χ4n) is 3.41. The van der Waals surface area contributed by atoms with Gasteiger partial charge in [-0.05, 0) is 43.9 Å². The lowest BCUT2D eigenvalue weighted by atomic mass is 10.0. The van der Waals surface area contributed by atoms with Gasteiger partial charge in [0.25, 0.3) is 5.91 Å². The van der Waals surface area contributed by atoms with Crippen LogP contribution in [0.3, 0.4) is 0 Å². The lowest BCUT2D eigenvalue weighted by molar-refractivity contribution is 0.0595. The van der Waals surface area contributed by atoms with Crippen molar-refractivity contribution in [2.24, 2.45) is 0 Å². The second-order valence-electron chi connectivity index (χ2n) is 6.35. The summed E-state index contributed by atoms with van der Waals surface area (Å²) < 4.78 is 0. The third kappa shape index (κ3) is 2.51. The number of aromatic nitrogens is 4. The van der Waals surface area contributed by atoms with Gasteiger partial charge in [0.1, 0.15) is 5.69 Å². The molecule has 3 N–H and O–H groups in total. The molecule has 3 heterocycles. The van der Waals surface area contributed by atoms with Crippen LogP contribution in [0, 0.1) is 6.92 Å². The zero-order valence-electron chi connectivity index (χ0n) is 13.4. The highest BCUT2D eigenvalue weighted by Crippen LogP contribution is 2.30. The molecule has 3 aromatic rings. The number of nitrogens with one attached hydrogen (secondary N) is 3. The third-order valence-electron chi connectivity index (χ3n) is 4.61. The number of amides is 1. The molecular formula is C17H19N5O2. The Balaban J connectivity index is 1.68. The van der Waals surface area contributed by atoms with E-state index < -0.39 is 0 Å². The zero-order valence-corrected chi connectivity index (χ0v) is 13.4. The standard InChI is InChI=1S/C17H19N5O2/c1-10-5-6-11-9-13(18-12(11)8-10)16(23)22-7-3-2-4-14(22)15-19-17(24)21-20-15/h5-6,8-9,14,18H,2-4,7H2,1H3,(H2,19,20,21,24). The average molecular weight is 325 g/mol. The molecule has 1 aliphatic heterocycles. The number of aromatic amines is 3. The van der Waals surface area contributed by atoms with E-state index in [9.17, 15) is 9.59 Å². The number of H-pyrrole nitrogens is 3. The number of hydrogen-bond donors (Lipinski definition) is 3. The maximum atomic E-state index is 13.0. The highest BCUT2D eigenvalue weighted by molar-refractivity contribution is 5.98. The van der Waals surface area contributed by atoms with Crippen molar-refractivity contribution in [3.63, 3.8) is 0 Å². The quantitative estimate of drug-likeness (QED) is 0.674. The molecule has 1 unspecified atom stereocenters. The van der Waals surface area contributed by atoms with E-state index in [1.165, 1.54) is 0 Å². The monoisotopic (exact) mass is 325 g/mol. The molecule has 0 aliphatic carbocycles. The van der Waals surface area contributed by atoms with Crippen molar-refractivity contribution >= 4 is 16.8 Å². The summed E-state index contributed by atoms with van der Waals surface area (Å²) in [5, 5.41) is 7.43. The summed E-state index contributed by atoms with van der Waals surface area (Å²) in [5.41, 5.74) is 2.33. The van der Waals surface area contributed by atoms with Crippen LogP contribution in [0.15, 0.2) is 29.1 Å². The second-order valence-corrected chi connectivity index (χ2v) is 6.35. The van der Waals surface area contributed by atoms with E-state index in [1.807, 2.05) is 31.2 Å². The molecular weight excluding hydrogens is 306 g/mol. The van der Waals surface area contributed by atoms with Gasteiger partial charge in [0.05, 0.1) is 6.04 Å². The number of piperidine rings is 1. The van der Waals surface area contributed by atoms with Gasteiger partial charge in [-0.25, -0.2) is 9.89 Å². The van der Waals surface area contributed by atoms with Crippen LogP contribution >= 0.6 is 0 Å². The maximum absolute atomic E-state index is 13.0. The van der Waals surface area contributed by atoms with Crippen molar-refractivity contribution < 1.29 is 4.79 Å². The van der Waals surface area contributed by atoms with Crippen molar-refractivity contribution in [2.45, 2.75) is 32.2 Å². The fourth-order valence-corrected chi connectivity index (χ4v) is 3.41. The molecule has 1 atom stereocenters. The second kappa shape index (κ2) is 5.67. The van der Waals surface area contributed by atoms with Crippen LogP contribution in [0.4, 0.5) is 0 Å². The predicted octanol–water partition coefficient (Wildman–Crippen LogP) is 2.26. The Kier molecular flexibility index (Phi) is 3.48. The molecule has 0 spiro atoms. The van der Waals surface area contributed by atoms with E-state index in [0.29, 0.717) is 18.1 Å². The lowest BCUT2D eigenvalue weighted by Gasteiger charge is -2.33. The summed E-state index contributed by atoms with van der Waals surface area (Å²) in [6, 6.07) is 7.76. The van der Waals surface area contributed by atoms with Crippen LogP contribution in [-0.4, -0.2) is 37.5 Å². The summed E-state index contributed by atoms with van der Waals surface area (Å²) in [6.45, 7) is 2.68. The molecule has 1 amide bonds. The minimum Gasteiger partial charge on any atom is -0.351 e. The van der Waals surface area contributed by atoms with E-state index in [1.54, 1.807) is 4.90 Å². The molecule has 1 fully saturated rings. The Morgan fingerprint density at radius 2 is 2.12 bits per heavy atom. The number of rotatable bonds is 2. The van der Waals surface area contributed by atoms with Crippen molar-refractivity contribution in [1.29, 1.82) is 0 Å². The molecule has 1 aliphatic rings. The van der Waals surface area contributed by atoms with Gasteiger partial charge >= 0.3 is 5.69 Å². The lowest BCUT2D eigenvalue weighted by Crippen LogP contribution is -2.39. The van der Waals surface area contributed by atoms with Gasteiger partial charge in [-0.1, -0.05) is 12.1 Å². The van der Waals surface area contributed by atoms with Crippen molar-refractivity contribution in [3.8, 4) is 0 Å². The highest BCUT2D eigenvalue weighted by atomic mass is 16.2. The third-order valence-corrected chi connectivity index (χ3v) is 4.61. The Bertz CT molecular complexity index is 951. The molecule has 0 bridgehead atoms. The van der Waals surface area contributed by atoms with Crippen LogP contribution in [0.2, 0.25) is 0 Å². The number of nitrogens with zero attached hydrogens (tertiary/aromatic N) is 2. The Morgan fingerprint density at radius 1 is 1.25 bits per heavy atom. The smallest absolute Gasteiger partial charge is 0.340 e. The minimum absolute atomic E-state index is 0.0580. The van der Waals surface area contributed by atoms with Crippen LogP contribution in [0.5, 0.6) is 0 Å². The van der Waals surface area contributed by atoms with Gasteiger partial charge in [-0.15, -0.1) is 0 Å². The van der Waals surface area contributed by atoms with Gasteiger partial charge < -0.3 is 9.88 Å². The Hall–Kier alpha value is -2.83. The maximum Gasteiger partial charge on any atom is 0.340 e. The van der Waals surface area contributed by atoms with Gasteiger partial charge in [0.15, 0.2) is 5.82 Å². The van der Waals surface area contributed by atoms with Crippen molar-refractivity contribution in [1.82, 2.24) is 25.1 Å². The molecule has 7 heteroatoms. The molecule has 0 radical (unpaired) electrons. The van der Waals surface area contributed by atoms with Crippen molar-refractivity contribution in [3.05, 3.63) is 51.8 Å². The predicted molar refractivity (Wildman–Crippen MR) is 89.9 cm³/mol. The van der Waals surface area contributed by atoms with Crippen LogP contribution in [-0.2, 0) is 0 Å². The number of carbonyl (C=O) groups excluding carboxylic acids is 1. The summed E-state index contributed by atoms with van der Waals surface area (Å²) in [6.07, 6.45) is 2.76. The van der Waals surface area contributed by atoms with Gasteiger partial charge in [0, 0.05) is 17.4 Å². The van der Waals surface area contributed by atoms with Gasteiger partial charge in [0.2, 0.25) is 0 Å².